The standard InChI is InChI=1S/C24H33N3O4S/c1-6-26(17-20-7-11-22(12-8-20)25(4)5)24(28)21-9-13-23(14-10-21)32(29,30)27-15-18(2)31-19(3)16-27/h7-14,18-19H,6,15-17H2,1-5H3. The molecular weight excluding hydrogens is 426 g/mol. The van der Waals surface area contributed by atoms with Crippen molar-refractivity contribution >= 4 is 21.6 Å². The van der Waals surface area contributed by atoms with Gasteiger partial charge in [-0.05, 0) is 62.7 Å². The summed E-state index contributed by atoms with van der Waals surface area (Å²) < 4.78 is 33.2. The van der Waals surface area contributed by atoms with Crippen molar-refractivity contribution in [2.24, 2.45) is 0 Å². The minimum absolute atomic E-state index is 0.123. The van der Waals surface area contributed by atoms with Gasteiger partial charge in [0.15, 0.2) is 0 Å². The zero-order valence-corrected chi connectivity index (χ0v) is 20.3. The summed E-state index contributed by atoms with van der Waals surface area (Å²) in [6.07, 6.45) is -0.307. The number of nitrogens with zero attached hydrogens (tertiary/aromatic N) is 3. The average Bonchev–Trinajstić information content (AvgIpc) is 2.76. The zero-order chi connectivity index (χ0) is 23.5. The quantitative estimate of drug-likeness (QED) is 0.636. The molecule has 2 atom stereocenters. The van der Waals surface area contributed by atoms with Crippen LogP contribution in [-0.4, -0.2) is 69.5 Å². The van der Waals surface area contributed by atoms with E-state index in [2.05, 4.69) is 0 Å². The van der Waals surface area contributed by atoms with Crippen LogP contribution >= 0.6 is 0 Å². The van der Waals surface area contributed by atoms with Crippen molar-refractivity contribution < 1.29 is 17.9 Å². The summed E-state index contributed by atoms with van der Waals surface area (Å²) in [7, 11) is 0.343. The molecule has 0 N–H and O–H groups in total. The molecule has 2 aromatic rings. The fourth-order valence-electron chi connectivity index (χ4n) is 3.88. The molecule has 174 valence electrons. The van der Waals surface area contributed by atoms with Crippen molar-refractivity contribution in [1.29, 1.82) is 0 Å². The second kappa shape index (κ2) is 10.0. The van der Waals surface area contributed by atoms with Gasteiger partial charge >= 0.3 is 0 Å². The first kappa shape index (κ1) is 24.2. The van der Waals surface area contributed by atoms with Gasteiger partial charge in [-0.15, -0.1) is 0 Å². The normalized spacial score (nSPS) is 19.5. The van der Waals surface area contributed by atoms with Gasteiger partial charge in [-0.2, -0.15) is 4.31 Å². The molecule has 0 bridgehead atoms. The zero-order valence-electron chi connectivity index (χ0n) is 19.5. The maximum absolute atomic E-state index is 13.0. The Morgan fingerprint density at radius 2 is 1.56 bits per heavy atom. The van der Waals surface area contributed by atoms with Crippen LogP contribution in [-0.2, 0) is 21.3 Å². The maximum atomic E-state index is 13.0. The van der Waals surface area contributed by atoms with Crippen LogP contribution < -0.4 is 4.90 Å². The summed E-state index contributed by atoms with van der Waals surface area (Å²) in [6.45, 7) is 7.37. The predicted octanol–water partition coefficient (Wildman–Crippen LogP) is 3.21. The Kier molecular flexibility index (Phi) is 7.59. The van der Waals surface area contributed by atoms with Crippen LogP contribution in [0.3, 0.4) is 0 Å². The van der Waals surface area contributed by atoms with Gasteiger partial charge in [0.25, 0.3) is 5.91 Å². The number of amides is 1. The number of sulfonamides is 1. The number of hydrogen-bond donors (Lipinski definition) is 0. The lowest BCUT2D eigenvalue weighted by atomic mass is 10.1. The van der Waals surface area contributed by atoms with E-state index in [-0.39, 0.29) is 23.0 Å². The molecule has 1 fully saturated rings. The molecule has 0 spiro atoms. The van der Waals surface area contributed by atoms with Crippen LogP contribution in [0, 0.1) is 0 Å². The summed E-state index contributed by atoms with van der Waals surface area (Å²) in [6, 6.07) is 14.3. The Balaban J connectivity index is 1.73. The average molecular weight is 460 g/mol. The molecule has 1 aliphatic rings. The van der Waals surface area contributed by atoms with Crippen LogP contribution in [0.25, 0.3) is 0 Å². The summed E-state index contributed by atoms with van der Waals surface area (Å²) >= 11 is 0. The smallest absolute Gasteiger partial charge is 0.254 e. The molecule has 3 rings (SSSR count). The van der Waals surface area contributed by atoms with E-state index in [1.54, 1.807) is 17.0 Å². The van der Waals surface area contributed by atoms with Crippen molar-refractivity contribution in [3.63, 3.8) is 0 Å². The number of carbonyl (C=O) groups excluding carboxylic acids is 1. The Labute approximate surface area is 191 Å². The van der Waals surface area contributed by atoms with Gasteiger partial charge in [0.05, 0.1) is 17.1 Å². The number of anilines is 1. The van der Waals surface area contributed by atoms with Crippen molar-refractivity contribution in [2.75, 3.05) is 38.6 Å². The minimum Gasteiger partial charge on any atom is -0.378 e. The van der Waals surface area contributed by atoms with E-state index in [9.17, 15) is 13.2 Å². The first-order chi connectivity index (χ1) is 15.1. The summed E-state index contributed by atoms with van der Waals surface area (Å²) in [5.74, 6) is -0.123. The fourth-order valence-corrected chi connectivity index (χ4v) is 5.47. The number of benzene rings is 2. The van der Waals surface area contributed by atoms with Crippen LogP contribution in [0.2, 0.25) is 0 Å². The van der Waals surface area contributed by atoms with Crippen LogP contribution in [0.1, 0.15) is 36.7 Å². The number of carbonyl (C=O) groups is 1. The lowest BCUT2D eigenvalue weighted by Crippen LogP contribution is -2.48. The fraction of sp³-hybridized carbons (Fsp3) is 0.458. The molecule has 2 unspecified atom stereocenters. The van der Waals surface area contributed by atoms with E-state index in [1.165, 1.54) is 16.4 Å². The second-order valence-corrected chi connectivity index (χ2v) is 10.4. The highest BCUT2D eigenvalue weighted by molar-refractivity contribution is 7.89. The number of morpholine rings is 1. The second-order valence-electron chi connectivity index (χ2n) is 8.48. The highest BCUT2D eigenvalue weighted by atomic mass is 32.2. The Hall–Kier alpha value is -2.42. The predicted molar refractivity (Wildman–Crippen MR) is 126 cm³/mol. The van der Waals surface area contributed by atoms with E-state index in [0.29, 0.717) is 31.7 Å². The van der Waals surface area contributed by atoms with Crippen molar-refractivity contribution in [3.05, 3.63) is 59.7 Å². The monoisotopic (exact) mass is 459 g/mol. The molecule has 1 heterocycles. The molecule has 8 heteroatoms. The van der Waals surface area contributed by atoms with Gasteiger partial charge in [0, 0.05) is 51.5 Å². The Morgan fingerprint density at radius 3 is 2.06 bits per heavy atom. The summed E-state index contributed by atoms with van der Waals surface area (Å²) in [4.78, 5) is 17.0. The van der Waals surface area contributed by atoms with Crippen LogP contribution in [0.5, 0.6) is 0 Å². The van der Waals surface area contributed by atoms with Crippen molar-refractivity contribution in [1.82, 2.24) is 9.21 Å². The number of hydrogen-bond acceptors (Lipinski definition) is 5. The van der Waals surface area contributed by atoms with Crippen LogP contribution in [0.15, 0.2) is 53.4 Å². The topological polar surface area (TPSA) is 70.2 Å². The van der Waals surface area contributed by atoms with Gasteiger partial charge in [0.1, 0.15) is 0 Å². The molecule has 0 radical (unpaired) electrons. The van der Waals surface area contributed by atoms with E-state index in [0.717, 1.165) is 11.3 Å². The molecule has 1 amide bonds. The van der Waals surface area contributed by atoms with Gasteiger partial charge in [-0.1, -0.05) is 12.1 Å². The highest BCUT2D eigenvalue weighted by Crippen LogP contribution is 2.22. The van der Waals surface area contributed by atoms with E-state index < -0.39 is 10.0 Å². The van der Waals surface area contributed by atoms with Crippen molar-refractivity contribution in [3.8, 4) is 0 Å². The third kappa shape index (κ3) is 5.49. The van der Waals surface area contributed by atoms with E-state index >= 15 is 0 Å². The molecule has 32 heavy (non-hydrogen) atoms. The molecule has 0 aliphatic carbocycles. The summed E-state index contributed by atoms with van der Waals surface area (Å²) in [5.41, 5.74) is 2.61. The largest absolute Gasteiger partial charge is 0.378 e. The van der Waals surface area contributed by atoms with E-state index in [4.69, 9.17) is 4.74 Å². The van der Waals surface area contributed by atoms with Gasteiger partial charge in [-0.25, -0.2) is 8.42 Å². The molecule has 2 aromatic carbocycles. The van der Waals surface area contributed by atoms with Gasteiger partial charge < -0.3 is 14.5 Å². The van der Waals surface area contributed by atoms with Crippen LogP contribution in [0.4, 0.5) is 5.69 Å². The summed E-state index contributed by atoms with van der Waals surface area (Å²) in [5, 5.41) is 0. The lowest BCUT2D eigenvalue weighted by Gasteiger charge is -2.34. The van der Waals surface area contributed by atoms with Gasteiger partial charge in [0.2, 0.25) is 10.0 Å². The van der Waals surface area contributed by atoms with Gasteiger partial charge in [-0.3, -0.25) is 4.79 Å². The minimum atomic E-state index is -3.63. The third-order valence-corrected chi connectivity index (χ3v) is 7.47. The molecule has 0 saturated carbocycles. The number of ether oxygens (including phenoxy) is 1. The first-order valence-corrected chi connectivity index (χ1v) is 12.4. The SMILES string of the molecule is CCN(Cc1ccc(N(C)C)cc1)C(=O)c1ccc(S(=O)(=O)N2CC(C)OC(C)C2)cc1. The molecule has 1 saturated heterocycles. The molecule has 7 nitrogen and oxygen atoms in total. The lowest BCUT2D eigenvalue weighted by molar-refractivity contribution is -0.0440. The maximum Gasteiger partial charge on any atom is 0.254 e. The molecule has 0 aromatic heterocycles. The first-order valence-electron chi connectivity index (χ1n) is 10.9. The number of rotatable bonds is 7. The van der Waals surface area contributed by atoms with Crippen molar-refractivity contribution in [2.45, 2.75) is 44.4 Å². The Bertz CT molecular complexity index is 1010. The highest BCUT2D eigenvalue weighted by Gasteiger charge is 2.32. The van der Waals surface area contributed by atoms with E-state index in [1.807, 2.05) is 64.0 Å². The third-order valence-electron chi connectivity index (χ3n) is 5.62. The Morgan fingerprint density at radius 1 is 1.00 bits per heavy atom. The molecular formula is C24H33N3O4S. The molecule has 1 aliphatic heterocycles.